The number of likely N-dealkylation sites (N-methyl/N-ethyl adjacent to an activating group) is 1. The van der Waals surface area contributed by atoms with Gasteiger partial charge in [0.2, 0.25) is 0 Å². The highest BCUT2D eigenvalue weighted by molar-refractivity contribution is 6.21. The van der Waals surface area contributed by atoms with Gasteiger partial charge in [0.15, 0.2) is 17.4 Å². The summed E-state index contributed by atoms with van der Waals surface area (Å²) in [7, 11) is 6.74. The van der Waals surface area contributed by atoms with Crippen LogP contribution < -0.4 is 16.4 Å². The Kier molecular flexibility index (Phi) is 6.62. The van der Waals surface area contributed by atoms with Crippen molar-refractivity contribution in [1.82, 2.24) is 4.90 Å². The maximum atomic E-state index is 13.7. The number of carbonyl (C=O) groups excluding carboxylic acids is 3. The normalized spacial score (nSPS) is 29.2. The van der Waals surface area contributed by atoms with Crippen molar-refractivity contribution in [3.63, 3.8) is 0 Å². The van der Waals surface area contributed by atoms with Crippen molar-refractivity contribution in [1.29, 1.82) is 0 Å². The third-order valence-corrected chi connectivity index (χ3v) is 7.55. The third kappa shape index (κ3) is 3.65. The van der Waals surface area contributed by atoms with Crippen molar-refractivity contribution in [2.45, 2.75) is 24.7 Å². The fraction of sp³-hybridized carbons (Fsp3) is 0.522. The summed E-state index contributed by atoms with van der Waals surface area (Å²) >= 11 is 0. The Bertz CT molecular complexity index is 1150. The highest BCUT2D eigenvalue weighted by Gasteiger charge is 2.64. The van der Waals surface area contributed by atoms with Crippen LogP contribution in [-0.4, -0.2) is 82.8 Å². The molecule has 11 nitrogen and oxygen atoms in total. The maximum Gasteiger partial charge on any atom is 0.255 e. The molecular weight excluding hydrogens is 480 g/mol. The molecule has 5 atom stereocenters. The molecule has 3 aliphatic rings. The fourth-order valence-electron chi connectivity index (χ4n) is 6.30. The molecule has 1 saturated carbocycles. The molecule has 35 heavy (non-hydrogen) atoms. The minimum Gasteiger partial charge on any atom is -0.511 e. The lowest BCUT2D eigenvalue weighted by molar-refractivity contribution is -0.265. The van der Waals surface area contributed by atoms with Gasteiger partial charge in [-0.3, -0.25) is 19.3 Å². The maximum absolute atomic E-state index is 13.7. The Labute approximate surface area is 208 Å². The number of aliphatic hydroxyl groups excluding tert-OH is 1. The Hall–Kier alpha value is -2.86. The number of Topliss-reactive ketones (excluding diaryl/α,β-unsaturated/α-hetero) is 2. The summed E-state index contributed by atoms with van der Waals surface area (Å²) in [6.45, 7) is 0. The number of carbonyl (C=O) groups is 3. The number of hydrogen-bond donors (Lipinski definition) is 6. The van der Waals surface area contributed by atoms with Gasteiger partial charge in [-0.05, 0) is 50.4 Å². The zero-order chi connectivity index (χ0) is 25.4. The molecule has 192 valence electrons. The van der Waals surface area contributed by atoms with Crippen molar-refractivity contribution in [3.05, 3.63) is 28.5 Å². The number of amides is 1. The molecule has 0 heterocycles. The van der Waals surface area contributed by atoms with Crippen molar-refractivity contribution < 1.29 is 34.8 Å². The molecule has 0 spiro atoms. The zero-order valence-electron chi connectivity index (χ0n) is 19.8. The van der Waals surface area contributed by atoms with Gasteiger partial charge < -0.3 is 36.8 Å². The van der Waals surface area contributed by atoms with E-state index in [-0.39, 0.29) is 36.5 Å². The smallest absolute Gasteiger partial charge is 0.255 e. The van der Waals surface area contributed by atoms with Gasteiger partial charge in [0.25, 0.3) is 5.91 Å². The Balaban J connectivity index is 0.00000342. The van der Waals surface area contributed by atoms with Gasteiger partial charge in [0, 0.05) is 19.8 Å². The van der Waals surface area contributed by atoms with Crippen molar-refractivity contribution in [2.75, 3.05) is 38.8 Å². The van der Waals surface area contributed by atoms with Crippen LogP contribution in [0.2, 0.25) is 0 Å². The number of nitrogens with zero attached hydrogens (tertiary/aromatic N) is 2. The van der Waals surface area contributed by atoms with Gasteiger partial charge in [0.05, 0.1) is 29.1 Å². The second-order valence-electron chi connectivity index (χ2n) is 9.95. The monoisotopic (exact) mass is 510 g/mol. The summed E-state index contributed by atoms with van der Waals surface area (Å²) in [5.74, 6) is -11.1. The molecule has 1 aromatic rings. The number of halogens is 1. The van der Waals surface area contributed by atoms with Gasteiger partial charge in [-0.15, -0.1) is 12.4 Å². The van der Waals surface area contributed by atoms with E-state index in [4.69, 9.17) is 11.5 Å². The molecule has 0 aliphatic heterocycles. The first-order valence-electron chi connectivity index (χ1n) is 11.0. The van der Waals surface area contributed by atoms with Crippen LogP contribution in [-0.2, 0) is 16.0 Å². The lowest BCUT2D eigenvalue weighted by atomic mass is 9.54. The number of benzene rings is 1. The molecule has 0 aromatic heterocycles. The molecule has 1 amide bonds. The Morgan fingerprint density at radius 1 is 1.09 bits per heavy atom. The highest BCUT2D eigenvalue weighted by atomic mass is 35.5. The predicted octanol–water partition coefficient (Wildman–Crippen LogP) is -0.439. The molecule has 1 fully saturated rings. The van der Waals surface area contributed by atoms with Crippen molar-refractivity contribution in [3.8, 4) is 5.75 Å². The van der Waals surface area contributed by atoms with E-state index in [1.54, 1.807) is 44.1 Å². The molecule has 1 aromatic carbocycles. The quantitative estimate of drug-likeness (QED) is 0.134. The molecule has 3 aliphatic carbocycles. The van der Waals surface area contributed by atoms with E-state index in [9.17, 15) is 34.8 Å². The average Bonchev–Trinajstić information content (AvgIpc) is 2.68. The second-order valence-corrected chi connectivity index (χ2v) is 9.95. The van der Waals surface area contributed by atoms with Crippen LogP contribution in [0.25, 0.3) is 0 Å². The highest BCUT2D eigenvalue weighted by Crippen LogP contribution is 2.56. The van der Waals surface area contributed by atoms with E-state index in [1.165, 1.54) is 0 Å². The third-order valence-electron chi connectivity index (χ3n) is 7.55. The second kappa shape index (κ2) is 8.66. The van der Waals surface area contributed by atoms with Gasteiger partial charge in [-0.1, -0.05) is 0 Å². The summed E-state index contributed by atoms with van der Waals surface area (Å²) < 4.78 is 0. The van der Waals surface area contributed by atoms with Gasteiger partial charge in [-0.25, -0.2) is 0 Å². The van der Waals surface area contributed by atoms with E-state index in [1.807, 2.05) is 0 Å². The van der Waals surface area contributed by atoms with Crippen LogP contribution in [0.1, 0.15) is 22.3 Å². The van der Waals surface area contributed by atoms with E-state index >= 15 is 0 Å². The number of fused-ring (bicyclic) bond motifs is 3. The van der Waals surface area contributed by atoms with Crippen LogP contribution in [0.5, 0.6) is 5.75 Å². The van der Waals surface area contributed by atoms with Crippen molar-refractivity contribution in [2.24, 2.45) is 29.4 Å². The summed E-state index contributed by atoms with van der Waals surface area (Å²) in [5, 5.41) is 44.3. The molecular formula is C23H31ClN4O7. The van der Waals surface area contributed by atoms with E-state index in [2.05, 4.69) is 0 Å². The fourth-order valence-corrected chi connectivity index (χ4v) is 6.30. The molecule has 0 bridgehead atoms. The van der Waals surface area contributed by atoms with E-state index < -0.39 is 70.1 Å². The minimum atomic E-state index is -2.82. The van der Waals surface area contributed by atoms with Gasteiger partial charge >= 0.3 is 0 Å². The number of aromatic hydroxyl groups is 1. The summed E-state index contributed by atoms with van der Waals surface area (Å²) in [6.07, 6.45) is 0.396. The van der Waals surface area contributed by atoms with Crippen LogP contribution >= 0.6 is 12.4 Å². The predicted molar refractivity (Wildman–Crippen MR) is 129 cm³/mol. The van der Waals surface area contributed by atoms with Crippen LogP contribution in [0.15, 0.2) is 17.4 Å². The number of rotatable bonds is 3. The van der Waals surface area contributed by atoms with E-state index in [0.717, 1.165) is 0 Å². The summed E-state index contributed by atoms with van der Waals surface area (Å²) in [4.78, 5) is 42.1. The molecule has 8 N–H and O–H groups in total. The lowest BCUT2D eigenvalue weighted by Crippen LogP contribution is -2.65. The zero-order valence-corrected chi connectivity index (χ0v) is 20.7. The van der Waals surface area contributed by atoms with Crippen LogP contribution in [0.3, 0.4) is 0 Å². The lowest BCUT2D eigenvalue weighted by Gasteiger charge is -2.54. The van der Waals surface area contributed by atoms with Crippen LogP contribution in [0, 0.1) is 23.7 Å². The first-order valence-corrected chi connectivity index (χ1v) is 11.0. The first-order chi connectivity index (χ1) is 15.7. The Morgan fingerprint density at radius 2 is 1.69 bits per heavy atom. The summed E-state index contributed by atoms with van der Waals surface area (Å²) in [6, 6.07) is 0.589. The largest absolute Gasteiger partial charge is 0.511 e. The van der Waals surface area contributed by atoms with E-state index in [0.29, 0.717) is 11.3 Å². The number of phenolic OH excluding ortho intramolecular Hbond substituents is 1. The Morgan fingerprint density at radius 3 is 2.20 bits per heavy atom. The van der Waals surface area contributed by atoms with Crippen molar-refractivity contribution >= 4 is 41.3 Å². The molecule has 12 heteroatoms. The SMILES string of the molecule is CN(C)c1cc(N)c(O)c2c1CC1CC3C(C(O)=C(C(N)=O)C(=O)[C@H]3N(C)C)C(O)(O)C1C2=O.Cl. The number of phenols is 1. The molecule has 0 radical (unpaired) electrons. The van der Waals surface area contributed by atoms with Gasteiger partial charge in [0.1, 0.15) is 17.1 Å². The number of aliphatic hydroxyl groups is 3. The number of nitrogen functional groups attached to an aromatic ring is 1. The number of hydrogen-bond acceptors (Lipinski definition) is 10. The molecule has 4 rings (SSSR count). The number of nitrogens with two attached hydrogens (primary N) is 2. The number of primary amides is 1. The summed E-state index contributed by atoms with van der Waals surface area (Å²) in [5.41, 5.74) is 11.6. The average molecular weight is 511 g/mol. The first kappa shape index (κ1) is 26.7. The number of anilines is 2. The number of ketones is 2. The van der Waals surface area contributed by atoms with Crippen LogP contribution in [0.4, 0.5) is 11.4 Å². The minimum absolute atomic E-state index is 0. The standard InChI is InChI=1S/C23H30N4O7.ClH/c1-26(2)12-7-11(24)18(28)13-9(12)5-8-6-10-16(23(33,34)15(8)19(13)29)20(30)14(22(25)32)21(31)17(10)27(3)4;/h7-8,10,15-17,28,30,33-34H,5-6,24H2,1-4H3,(H2,25,32);1H/t8?,10?,15?,16?,17-;/m0./s1. The van der Waals surface area contributed by atoms with Gasteiger partial charge in [-0.2, -0.15) is 0 Å². The topological polar surface area (TPSA) is 191 Å². The molecule has 4 unspecified atom stereocenters. The molecule has 0 saturated heterocycles.